The molecule has 2 rings (SSSR count). The second-order valence-corrected chi connectivity index (χ2v) is 9.77. The molecule has 30 heavy (non-hydrogen) atoms. The van der Waals surface area contributed by atoms with Gasteiger partial charge in [-0.1, -0.05) is 65.7 Å². The quantitative estimate of drug-likeness (QED) is 0.594. The molecule has 1 aromatic carbocycles. The Balaban J connectivity index is 2.07. The lowest BCUT2D eigenvalue weighted by Gasteiger charge is -2.45. The van der Waals surface area contributed by atoms with E-state index in [4.69, 9.17) is 15.2 Å². The van der Waals surface area contributed by atoms with Crippen molar-refractivity contribution in [2.45, 2.75) is 85.7 Å². The number of benzene rings is 1. The highest BCUT2D eigenvalue weighted by Gasteiger charge is 2.42. The number of carbonyl (C=O) groups is 2. The van der Waals surface area contributed by atoms with Crippen molar-refractivity contribution < 1.29 is 19.1 Å². The van der Waals surface area contributed by atoms with Crippen molar-refractivity contribution in [2.75, 3.05) is 6.54 Å². The summed E-state index contributed by atoms with van der Waals surface area (Å²) in [6.45, 7) is 11.1. The lowest BCUT2D eigenvalue weighted by molar-refractivity contribution is -0.0163. The van der Waals surface area contributed by atoms with Gasteiger partial charge in [-0.25, -0.2) is 9.59 Å². The van der Waals surface area contributed by atoms with E-state index in [2.05, 4.69) is 39.9 Å². The van der Waals surface area contributed by atoms with Crippen molar-refractivity contribution in [3.63, 3.8) is 0 Å². The summed E-state index contributed by atoms with van der Waals surface area (Å²) in [4.78, 5) is 23.9. The first kappa shape index (κ1) is 24.0. The van der Waals surface area contributed by atoms with Crippen molar-refractivity contribution in [3.8, 4) is 5.75 Å². The topological polar surface area (TPSA) is 90.7 Å². The predicted octanol–water partition coefficient (Wildman–Crippen LogP) is 5.36. The highest BCUT2D eigenvalue weighted by molar-refractivity contribution is 5.71. The van der Waals surface area contributed by atoms with Crippen molar-refractivity contribution in [2.24, 2.45) is 16.6 Å². The molecule has 2 unspecified atom stereocenters. The molecule has 1 aromatic rings. The highest BCUT2D eigenvalue weighted by atomic mass is 16.6. The average molecular weight is 419 g/mol. The Morgan fingerprint density at radius 3 is 2.23 bits per heavy atom. The molecular formula is C24H38N2O4. The van der Waals surface area contributed by atoms with Gasteiger partial charge in [0.05, 0.1) is 0 Å². The average Bonchev–Trinajstić information content (AvgIpc) is 2.61. The maximum absolute atomic E-state index is 12.7. The van der Waals surface area contributed by atoms with Gasteiger partial charge in [0.15, 0.2) is 0 Å². The number of rotatable bonds is 8. The van der Waals surface area contributed by atoms with Crippen LogP contribution in [0.1, 0.15) is 77.8 Å². The van der Waals surface area contributed by atoms with Gasteiger partial charge in [0.1, 0.15) is 11.9 Å². The summed E-state index contributed by atoms with van der Waals surface area (Å²) < 4.78 is 11.1. The summed E-state index contributed by atoms with van der Waals surface area (Å²) in [7, 11) is 0. The number of amides is 2. The van der Waals surface area contributed by atoms with E-state index in [0.29, 0.717) is 18.7 Å². The number of primary amides is 1. The molecule has 0 saturated heterocycles. The van der Waals surface area contributed by atoms with E-state index in [1.54, 1.807) is 0 Å². The van der Waals surface area contributed by atoms with Gasteiger partial charge in [0, 0.05) is 6.54 Å². The summed E-state index contributed by atoms with van der Waals surface area (Å²) in [6.07, 6.45) is 4.63. The Morgan fingerprint density at radius 2 is 1.70 bits per heavy atom. The zero-order valence-corrected chi connectivity index (χ0v) is 19.2. The predicted molar refractivity (Wildman–Crippen MR) is 119 cm³/mol. The molecule has 3 N–H and O–H groups in total. The zero-order valence-electron chi connectivity index (χ0n) is 19.2. The first-order chi connectivity index (χ1) is 14.1. The number of ether oxygens (including phenoxy) is 2. The van der Waals surface area contributed by atoms with E-state index in [1.165, 1.54) is 0 Å². The van der Waals surface area contributed by atoms with Gasteiger partial charge in [-0.05, 0) is 54.1 Å². The Bertz CT molecular complexity index is 722. The minimum absolute atomic E-state index is 0.0132. The molecule has 1 saturated carbocycles. The summed E-state index contributed by atoms with van der Waals surface area (Å²) >= 11 is 0. The number of hydrogen-bond acceptors (Lipinski definition) is 4. The summed E-state index contributed by atoms with van der Waals surface area (Å²) in [5.74, 6) is 0.697. The standard InChI is InChI=1S/C24H38N2O4/c1-6-9-17-11-8-12-18(10-7-2)20(17)30-22(28)26-16-24(5)14-19(29-21(25)27)13-23(3,4)15-24/h8,11-12,19H,6-7,9-10,13-16H2,1-5H3,(H2,25,27)(H,26,28). The first-order valence-corrected chi connectivity index (χ1v) is 11.1. The normalized spacial score (nSPS) is 22.9. The fourth-order valence-electron chi connectivity index (χ4n) is 5.04. The van der Waals surface area contributed by atoms with Gasteiger partial charge in [-0.15, -0.1) is 0 Å². The van der Waals surface area contributed by atoms with Gasteiger partial charge in [-0.2, -0.15) is 0 Å². The fourth-order valence-corrected chi connectivity index (χ4v) is 5.04. The monoisotopic (exact) mass is 418 g/mol. The third-order valence-corrected chi connectivity index (χ3v) is 5.76. The van der Waals surface area contributed by atoms with Crippen LogP contribution in [-0.4, -0.2) is 24.8 Å². The van der Waals surface area contributed by atoms with Gasteiger partial charge in [0.25, 0.3) is 0 Å². The highest BCUT2D eigenvalue weighted by Crippen LogP contribution is 2.46. The van der Waals surface area contributed by atoms with Crippen LogP contribution in [0.4, 0.5) is 9.59 Å². The Hall–Kier alpha value is -2.24. The Labute approximate surface area is 180 Å². The largest absolute Gasteiger partial charge is 0.446 e. The van der Waals surface area contributed by atoms with Crippen molar-refractivity contribution in [3.05, 3.63) is 29.3 Å². The minimum atomic E-state index is -0.747. The van der Waals surface area contributed by atoms with Crippen LogP contribution >= 0.6 is 0 Å². The van der Waals surface area contributed by atoms with Crippen LogP contribution in [0.15, 0.2) is 18.2 Å². The van der Waals surface area contributed by atoms with Crippen LogP contribution < -0.4 is 15.8 Å². The van der Waals surface area contributed by atoms with E-state index in [-0.39, 0.29) is 16.9 Å². The molecule has 168 valence electrons. The molecule has 0 bridgehead atoms. The van der Waals surface area contributed by atoms with Crippen LogP contribution in [0.3, 0.4) is 0 Å². The molecule has 6 nitrogen and oxygen atoms in total. The SMILES string of the molecule is CCCc1cccc(CCC)c1OC(=O)NCC1(C)CC(OC(N)=O)CC(C)(C)C1. The molecule has 0 spiro atoms. The molecule has 2 amide bonds. The number of nitrogens with one attached hydrogen (secondary N) is 1. The van der Waals surface area contributed by atoms with Crippen LogP contribution in [0.25, 0.3) is 0 Å². The molecule has 0 heterocycles. The summed E-state index contributed by atoms with van der Waals surface area (Å²) in [6, 6.07) is 6.09. The molecule has 1 aliphatic rings. The second-order valence-electron chi connectivity index (χ2n) is 9.77. The molecule has 0 aliphatic heterocycles. The van der Waals surface area contributed by atoms with Crippen molar-refractivity contribution in [1.82, 2.24) is 5.32 Å². The Kier molecular flexibility index (Phi) is 8.16. The fraction of sp³-hybridized carbons (Fsp3) is 0.667. The lowest BCUT2D eigenvalue weighted by atomic mass is 9.63. The number of carbonyl (C=O) groups excluding carboxylic acids is 2. The molecule has 0 radical (unpaired) electrons. The number of nitrogens with two attached hydrogens (primary N) is 1. The lowest BCUT2D eigenvalue weighted by Crippen LogP contribution is -2.47. The van der Waals surface area contributed by atoms with Gasteiger partial charge in [0.2, 0.25) is 0 Å². The minimum Gasteiger partial charge on any atom is -0.446 e. The van der Waals surface area contributed by atoms with Crippen molar-refractivity contribution in [1.29, 1.82) is 0 Å². The molecule has 1 fully saturated rings. The molecule has 1 aliphatic carbocycles. The molecule has 6 heteroatoms. The summed E-state index contributed by atoms with van der Waals surface area (Å²) in [5, 5.41) is 2.96. The smallest absolute Gasteiger partial charge is 0.412 e. The van der Waals surface area contributed by atoms with E-state index in [1.807, 2.05) is 18.2 Å². The van der Waals surface area contributed by atoms with Gasteiger partial charge < -0.3 is 20.5 Å². The number of hydrogen-bond donors (Lipinski definition) is 2. The number of aryl methyl sites for hydroxylation is 2. The van der Waals surface area contributed by atoms with Crippen molar-refractivity contribution >= 4 is 12.2 Å². The van der Waals surface area contributed by atoms with Crippen LogP contribution in [0.5, 0.6) is 5.75 Å². The van der Waals surface area contributed by atoms with Crippen LogP contribution in [-0.2, 0) is 17.6 Å². The van der Waals surface area contributed by atoms with E-state index < -0.39 is 12.2 Å². The Morgan fingerprint density at radius 1 is 1.10 bits per heavy atom. The molecule has 2 atom stereocenters. The zero-order chi connectivity index (χ0) is 22.4. The molecular weight excluding hydrogens is 380 g/mol. The maximum Gasteiger partial charge on any atom is 0.412 e. The third kappa shape index (κ3) is 6.92. The maximum atomic E-state index is 12.7. The van der Waals surface area contributed by atoms with E-state index >= 15 is 0 Å². The molecule has 0 aromatic heterocycles. The first-order valence-electron chi connectivity index (χ1n) is 11.1. The second kappa shape index (κ2) is 10.2. The van der Waals surface area contributed by atoms with E-state index in [0.717, 1.165) is 49.7 Å². The van der Waals surface area contributed by atoms with E-state index in [9.17, 15) is 9.59 Å². The van der Waals surface area contributed by atoms with Gasteiger partial charge in [-0.3, -0.25) is 0 Å². The number of para-hydroxylation sites is 1. The van der Waals surface area contributed by atoms with Crippen LogP contribution in [0.2, 0.25) is 0 Å². The van der Waals surface area contributed by atoms with Crippen LogP contribution in [0, 0.1) is 10.8 Å². The summed E-state index contributed by atoms with van der Waals surface area (Å²) in [5.41, 5.74) is 7.15. The van der Waals surface area contributed by atoms with Gasteiger partial charge >= 0.3 is 12.2 Å². The third-order valence-electron chi connectivity index (χ3n) is 5.76.